The Labute approximate surface area is 528 Å². The molecule has 30 heteroatoms. The Hall–Kier alpha value is -9.12. The highest BCUT2D eigenvalue weighted by Crippen LogP contribution is 2.47. The predicted molar refractivity (Wildman–Crippen MR) is 318 cm³/mol. The number of hydrogen-bond acceptors (Lipinski definition) is 11. The van der Waals surface area contributed by atoms with E-state index in [2.05, 4.69) is 50.9 Å². The van der Waals surface area contributed by atoms with E-state index in [9.17, 15) is 86.2 Å². The lowest BCUT2D eigenvalue weighted by Crippen LogP contribution is -2.24. The van der Waals surface area contributed by atoms with Gasteiger partial charge in [-0.05, 0) is 154 Å². The van der Waals surface area contributed by atoms with Crippen molar-refractivity contribution in [3.8, 4) is 0 Å². The number of aromatic amines is 3. The van der Waals surface area contributed by atoms with Crippen molar-refractivity contribution in [1.82, 2.24) is 30.2 Å². The lowest BCUT2D eigenvalue weighted by molar-refractivity contribution is -0.137. The summed E-state index contributed by atoms with van der Waals surface area (Å²) in [6, 6.07) is 19.1. The number of aromatic carboxylic acids is 1. The van der Waals surface area contributed by atoms with E-state index in [0.717, 1.165) is 81.0 Å². The first-order chi connectivity index (χ1) is 43.6. The number of nitrogens with one attached hydrogen (secondary N) is 4. The predicted octanol–water partition coefficient (Wildman–Crippen LogP) is 15.3. The van der Waals surface area contributed by atoms with Gasteiger partial charge in [-0.25, -0.2) is 19.4 Å². The fraction of sp³-hybridized carbons (Fsp3) is 0.286. The molecule has 1 amide bonds. The summed E-state index contributed by atoms with van der Waals surface area (Å²) in [6.07, 6.45) is -12.0. The molecule has 3 aliphatic rings. The lowest BCUT2D eigenvalue weighted by Gasteiger charge is -2.14. The van der Waals surface area contributed by atoms with Crippen LogP contribution >= 0.6 is 27.5 Å². The molecule has 0 spiro atoms. The van der Waals surface area contributed by atoms with Crippen molar-refractivity contribution in [1.29, 1.82) is 0 Å². The highest BCUT2D eigenvalue weighted by atomic mass is 79.9. The van der Waals surface area contributed by atoms with Crippen LogP contribution in [0.2, 0.25) is 5.02 Å². The number of hydrogen-bond donors (Lipinski definition) is 5. The summed E-state index contributed by atoms with van der Waals surface area (Å²) >= 11 is 9.18. The van der Waals surface area contributed by atoms with Crippen LogP contribution < -0.4 is 21.6 Å². The molecule has 0 atom stereocenters. The number of amides is 1. The highest BCUT2D eigenvalue weighted by molar-refractivity contribution is 9.10. The number of ether oxygens (including phenoxy) is 2. The third-order valence-electron chi connectivity index (χ3n) is 14.7. The molecule has 3 fully saturated rings. The molecule has 5 heterocycles. The topological polar surface area (TPSA) is 243 Å². The zero-order chi connectivity index (χ0) is 67.8. The average Bonchev–Trinajstić information content (AvgIpc) is 1.65. The molecule has 0 bridgehead atoms. The normalized spacial score (nSPS) is 14.1. The number of benzene rings is 4. The standard InChI is InChI=1S/C20H15ClF3N3O.C16H14F3NO3.C14H10F3NO3.C13H9BrF3NO3/c21-16-9-17(19(28)26-10-13-3-1-2-6-25-13)27-18-14(16)7-12(11-4-5-11)8-15(18)20(22,23)24;1-2-23-15(22)12-7-13(21)10-5-9(8-3-4-8)6-11(14(10)20-12)16(17,18)19;15-14(16,17)9-4-7(6-1-2-6)3-8-11(19)5-10(13(20)21)18-12(8)9;1-2-21-12(20)9-5-10(19)7-3-6(14)4-8(11(7)18-9)13(15,16)17/h1-3,6-9,11H,4-5,10H2,(H,26,28);5-8H,2-4H2,1H3,(H,20,21);3-6H,1-2H2,(H,18,19)(H,20,21);3-5H,2H2,1H3,(H,18,19). The van der Waals surface area contributed by atoms with E-state index in [1.807, 2.05) is 0 Å². The lowest BCUT2D eigenvalue weighted by atomic mass is 10.0. The minimum Gasteiger partial charge on any atom is -0.477 e. The number of halogens is 14. The summed E-state index contributed by atoms with van der Waals surface area (Å²) in [5.74, 6) is -3.58. The van der Waals surface area contributed by atoms with Crippen LogP contribution in [0.4, 0.5) is 52.7 Å². The van der Waals surface area contributed by atoms with Crippen LogP contribution in [0.25, 0.3) is 43.6 Å². The van der Waals surface area contributed by atoms with Crippen LogP contribution in [0.15, 0.2) is 116 Å². The van der Waals surface area contributed by atoms with E-state index in [-0.39, 0.29) is 96.7 Å². The Morgan fingerprint density at radius 3 is 1.35 bits per heavy atom. The number of carbonyl (C=O) groups excluding carboxylic acids is 3. The van der Waals surface area contributed by atoms with Crippen LogP contribution in [-0.4, -0.2) is 67.1 Å². The molecule has 5 N–H and O–H groups in total. The third kappa shape index (κ3) is 16.2. The number of fused-ring (bicyclic) bond motifs is 4. The number of aromatic nitrogens is 5. The van der Waals surface area contributed by atoms with Crippen molar-refractivity contribution in [3.05, 3.63) is 205 Å². The molecule has 4 aromatic carbocycles. The SMILES string of the molecule is CCOC(=O)c1cc(=O)c2cc(Br)cc(C(F)(F)F)c2[nH]1.CCOC(=O)c1cc(=O)c2cc(C3CC3)cc(C(F)(F)F)c2[nH]1.O=C(NCc1ccccn1)c1cc(Cl)c2cc(C3CC3)cc(C(F)(F)F)c2n1.O=C(O)c1cc(=O)c2cc(C3CC3)cc(C(F)(F)F)c2[nH]1. The zero-order valence-corrected chi connectivity index (χ0v) is 50.5. The maximum Gasteiger partial charge on any atom is 0.418 e. The molecule has 0 aliphatic heterocycles. The van der Waals surface area contributed by atoms with Gasteiger partial charge in [-0.3, -0.25) is 24.2 Å². The summed E-state index contributed by atoms with van der Waals surface area (Å²) < 4.78 is 169. The van der Waals surface area contributed by atoms with E-state index < -0.39 is 104 Å². The van der Waals surface area contributed by atoms with Gasteiger partial charge >= 0.3 is 42.6 Å². The number of alkyl halides is 12. The number of carbonyl (C=O) groups is 4. The maximum absolute atomic E-state index is 13.6. The van der Waals surface area contributed by atoms with Gasteiger partial charge in [0.2, 0.25) is 0 Å². The Morgan fingerprint density at radius 1 is 0.559 bits per heavy atom. The van der Waals surface area contributed by atoms with E-state index in [1.54, 1.807) is 44.3 Å². The molecule has 0 unspecified atom stereocenters. The number of pyridine rings is 5. The Bertz CT molecular complexity index is 4620. The van der Waals surface area contributed by atoms with Gasteiger partial charge in [0.15, 0.2) is 16.3 Å². The number of H-pyrrole nitrogens is 3. The van der Waals surface area contributed by atoms with Gasteiger partial charge in [0.25, 0.3) is 5.91 Å². The van der Waals surface area contributed by atoms with E-state index in [0.29, 0.717) is 22.4 Å². The molecule has 93 heavy (non-hydrogen) atoms. The quantitative estimate of drug-likeness (QED) is 0.0600. The molecule has 3 saturated carbocycles. The number of carboxylic acid groups (broad SMARTS) is 1. The van der Waals surface area contributed by atoms with Gasteiger partial charge < -0.3 is 34.8 Å². The van der Waals surface area contributed by atoms with Crippen LogP contribution in [0.5, 0.6) is 0 Å². The maximum atomic E-state index is 13.6. The van der Waals surface area contributed by atoms with E-state index in [1.165, 1.54) is 24.3 Å². The number of nitrogens with zero attached hydrogens (tertiary/aromatic N) is 2. The van der Waals surface area contributed by atoms with Gasteiger partial charge in [0.1, 0.15) is 22.8 Å². The minimum atomic E-state index is -4.67. The fourth-order valence-electron chi connectivity index (χ4n) is 9.85. The summed E-state index contributed by atoms with van der Waals surface area (Å²) in [4.78, 5) is 97.7. The fourth-order valence-corrected chi connectivity index (χ4v) is 10.6. The third-order valence-corrected chi connectivity index (χ3v) is 15.5. The molecule has 3 aliphatic carbocycles. The number of esters is 2. The van der Waals surface area contributed by atoms with Crippen molar-refractivity contribution in [2.24, 2.45) is 0 Å². The van der Waals surface area contributed by atoms with E-state index in [4.69, 9.17) is 21.4 Å². The van der Waals surface area contributed by atoms with Crippen LogP contribution in [0, 0.1) is 0 Å². The Morgan fingerprint density at radius 2 is 0.957 bits per heavy atom. The van der Waals surface area contributed by atoms with Crippen LogP contribution in [0.3, 0.4) is 0 Å². The van der Waals surface area contributed by atoms with Gasteiger partial charge in [0.05, 0.1) is 74.8 Å². The highest BCUT2D eigenvalue weighted by Gasteiger charge is 2.40. The first-order valence-corrected chi connectivity index (χ1v) is 29.3. The summed E-state index contributed by atoms with van der Waals surface area (Å²) in [5.41, 5.74) is -6.60. The molecular formula is C63H48BrClF12N6O10. The van der Waals surface area contributed by atoms with Crippen LogP contribution in [0.1, 0.15) is 157 Å². The molecule has 12 rings (SSSR count). The second kappa shape index (κ2) is 26.8. The first-order valence-electron chi connectivity index (χ1n) is 28.1. The summed E-state index contributed by atoms with van der Waals surface area (Å²) in [5, 5.41) is 11.4. The van der Waals surface area contributed by atoms with Crippen LogP contribution in [-0.2, 0) is 40.7 Å². The van der Waals surface area contributed by atoms with Crippen molar-refractivity contribution in [2.75, 3.05) is 13.2 Å². The van der Waals surface area contributed by atoms with E-state index >= 15 is 0 Å². The second-order valence-corrected chi connectivity index (χ2v) is 22.8. The van der Waals surface area contributed by atoms with Gasteiger partial charge in [-0.2, -0.15) is 52.7 Å². The molecular weight excluding hydrogens is 1340 g/mol. The van der Waals surface area contributed by atoms with Gasteiger partial charge in [0, 0.05) is 50.4 Å². The molecule has 488 valence electrons. The first kappa shape index (κ1) is 68.3. The molecule has 0 saturated heterocycles. The molecule has 9 aromatic rings. The summed E-state index contributed by atoms with van der Waals surface area (Å²) in [6.45, 7) is 3.36. The molecule has 16 nitrogen and oxygen atoms in total. The largest absolute Gasteiger partial charge is 0.477 e. The van der Waals surface area contributed by atoms with Gasteiger partial charge in [-0.15, -0.1) is 0 Å². The van der Waals surface area contributed by atoms with Crippen molar-refractivity contribution in [3.63, 3.8) is 0 Å². The second-order valence-electron chi connectivity index (χ2n) is 21.5. The summed E-state index contributed by atoms with van der Waals surface area (Å²) in [7, 11) is 0. The van der Waals surface area contributed by atoms with Crippen molar-refractivity contribution >= 4 is 95.0 Å². The molecule has 0 radical (unpaired) electrons. The number of carboxylic acids is 1. The van der Waals surface area contributed by atoms with Gasteiger partial charge in [-0.1, -0.05) is 33.6 Å². The minimum absolute atomic E-state index is 0.0470. The van der Waals surface area contributed by atoms with Crippen molar-refractivity contribution < 1.29 is 86.4 Å². The Balaban J connectivity index is 0.000000147. The zero-order valence-electron chi connectivity index (χ0n) is 48.1. The smallest absolute Gasteiger partial charge is 0.418 e. The van der Waals surface area contributed by atoms with Crippen molar-refractivity contribution in [2.45, 2.75) is 101 Å². The number of rotatable bonds is 11. The monoisotopic (exact) mass is 1390 g/mol. The molecule has 5 aromatic heterocycles. The average molecular weight is 1390 g/mol. The Kier molecular flexibility index (Phi) is 19.7.